The van der Waals surface area contributed by atoms with E-state index in [-0.39, 0.29) is 33.3 Å². The van der Waals surface area contributed by atoms with Gasteiger partial charge in [-0.05, 0) is 36.1 Å². The third-order valence-electron chi connectivity index (χ3n) is 6.27. The predicted molar refractivity (Wildman–Crippen MR) is 124 cm³/mol. The van der Waals surface area contributed by atoms with Gasteiger partial charge in [0.2, 0.25) is 0 Å². The van der Waals surface area contributed by atoms with Crippen LogP contribution in [0.1, 0.15) is 37.9 Å². The van der Waals surface area contributed by atoms with E-state index < -0.39 is 27.1 Å². The molecular formula is C24H22F3N5O2S. The number of aromatic nitrogens is 5. The molecule has 0 aliphatic heterocycles. The van der Waals surface area contributed by atoms with Gasteiger partial charge in [-0.25, -0.2) is 17.8 Å². The number of imidazole rings is 1. The molecular weight excluding hydrogens is 479 g/mol. The normalized spacial score (nSPS) is 15.5. The largest absolute Gasteiger partial charge is 0.309 e. The van der Waals surface area contributed by atoms with Crippen LogP contribution >= 0.6 is 0 Å². The SMILES string of the molecule is CCS(=O)(=O)c1cc(-c2ccc(C3(F)CC3)cc2)cnc1-c1nc2cc(C(C)(F)F)nnc2n1C. The lowest BCUT2D eigenvalue weighted by Crippen LogP contribution is -2.11. The lowest BCUT2D eigenvalue weighted by molar-refractivity contribution is 0.0120. The summed E-state index contributed by atoms with van der Waals surface area (Å²) in [6, 6.07) is 9.53. The number of alkyl halides is 3. The number of aryl methyl sites for hydroxylation is 1. The molecule has 1 saturated carbocycles. The monoisotopic (exact) mass is 501 g/mol. The van der Waals surface area contributed by atoms with Gasteiger partial charge in [0.15, 0.2) is 21.3 Å². The molecule has 5 rings (SSSR count). The van der Waals surface area contributed by atoms with E-state index in [1.807, 2.05) is 0 Å². The van der Waals surface area contributed by atoms with E-state index in [1.54, 1.807) is 31.3 Å². The highest BCUT2D eigenvalue weighted by Crippen LogP contribution is 2.49. The van der Waals surface area contributed by atoms with E-state index >= 15 is 0 Å². The number of halogens is 3. The van der Waals surface area contributed by atoms with E-state index in [0.29, 0.717) is 36.5 Å². The van der Waals surface area contributed by atoms with Crippen LogP contribution in [-0.4, -0.2) is 38.9 Å². The molecule has 0 amide bonds. The minimum Gasteiger partial charge on any atom is -0.309 e. The van der Waals surface area contributed by atoms with Crippen molar-refractivity contribution >= 4 is 21.0 Å². The summed E-state index contributed by atoms with van der Waals surface area (Å²) in [5.74, 6) is -3.22. The maximum Gasteiger partial charge on any atom is 0.288 e. The first-order valence-electron chi connectivity index (χ1n) is 11.0. The molecule has 1 fully saturated rings. The molecule has 7 nitrogen and oxygen atoms in total. The molecule has 1 aromatic carbocycles. The summed E-state index contributed by atoms with van der Waals surface area (Å²) in [5.41, 5.74) is 0.484. The van der Waals surface area contributed by atoms with Crippen LogP contribution in [0, 0.1) is 0 Å². The van der Waals surface area contributed by atoms with Crippen molar-refractivity contribution in [3.63, 3.8) is 0 Å². The summed E-state index contributed by atoms with van der Waals surface area (Å²) in [4.78, 5) is 8.75. The Morgan fingerprint density at radius 2 is 1.77 bits per heavy atom. The zero-order valence-electron chi connectivity index (χ0n) is 19.3. The zero-order chi connectivity index (χ0) is 25.2. The molecule has 11 heteroatoms. The topological polar surface area (TPSA) is 90.6 Å². The Hall–Kier alpha value is -3.34. The minimum atomic E-state index is -3.75. The Kier molecular flexibility index (Phi) is 5.24. The average molecular weight is 502 g/mol. The Balaban J connectivity index is 1.64. The van der Waals surface area contributed by atoms with Crippen LogP contribution in [0.5, 0.6) is 0 Å². The van der Waals surface area contributed by atoms with Crippen LogP contribution in [0.25, 0.3) is 33.8 Å². The highest BCUT2D eigenvalue weighted by atomic mass is 32.2. The summed E-state index contributed by atoms with van der Waals surface area (Å²) in [5, 5.41) is 7.46. The molecule has 182 valence electrons. The van der Waals surface area contributed by atoms with Crippen LogP contribution < -0.4 is 0 Å². The highest BCUT2D eigenvalue weighted by Gasteiger charge is 2.44. The van der Waals surface area contributed by atoms with Gasteiger partial charge in [-0.1, -0.05) is 31.2 Å². The second-order valence-corrected chi connectivity index (χ2v) is 11.1. The lowest BCUT2D eigenvalue weighted by atomic mass is 10.0. The third kappa shape index (κ3) is 4.07. The number of nitrogens with zero attached hydrogens (tertiary/aromatic N) is 5. The number of sulfone groups is 1. The number of hydrogen-bond donors (Lipinski definition) is 0. The quantitative estimate of drug-likeness (QED) is 0.371. The van der Waals surface area contributed by atoms with Gasteiger partial charge in [0.25, 0.3) is 5.92 Å². The van der Waals surface area contributed by atoms with Crippen LogP contribution in [-0.2, 0) is 28.5 Å². The third-order valence-corrected chi connectivity index (χ3v) is 8.01. The number of pyridine rings is 1. The predicted octanol–water partition coefficient (Wildman–Crippen LogP) is 4.96. The average Bonchev–Trinajstić information content (AvgIpc) is 3.51. The molecule has 0 radical (unpaired) electrons. The molecule has 0 saturated heterocycles. The van der Waals surface area contributed by atoms with Crippen molar-refractivity contribution in [2.45, 2.75) is 43.2 Å². The van der Waals surface area contributed by atoms with Gasteiger partial charge in [-0.2, -0.15) is 8.78 Å². The first-order valence-corrected chi connectivity index (χ1v) is 12.7. The Morgan fingerprint density at radius 3 is 2.37 bits per heavy atom. The van der Waals surface area contributed by atoms with Crippen molar-refractivity contribution in [1.29, 1.82) is 0 Å². The molecule has 0 N–H and O–H groups in total. The van der Waals surface area contributed by atoms with Gasteiger partial charge in [0, 0.05) is 25.7 Å². The van der Waals surface area contributed by atoms with Crippen molar-refractivity contribution < 1.29 is 21.6 Å². The summed E-state index contributed by atoms with van der Waals surface area (Å²) < 4.78 is 69.3. The molecule has 1 aliphatic rings. The number of fused-ring (bicyclic) bond motifs is 1. The van der Waals surface area contributed by atoms with Crippen molar-refractivity contribution in [1.82, 2.24) is 24.7 Å². The second kappa shape index (κ2) is 7.84. The van der Waals surface area contributed by atoms with Gasteiger partial charge >= 0.3 is 0 Å². The van der Waals surface area contributed by atoms with Crippen molar-refractivity contribution in [2.75, 3.05) is 5.75 Å². The fourth-order valence-corrected chi connectivity index (χ4v) is 4.99. The molecule has 3 heterocycles. The number of hydrogen-bond acceptors (Lipinski definition) is 6. The minimum absolute atomic E-state index is 0.0434. The Morgan fingerprint density at radius 1 is 1.09 bits per heavy atom. The smallest absolute Gasteiger partial charge is 0.288 e. The molecule has 4 aromatic rings. The number of rotatable bonds is 6. The van der Waals surface area contributed by atoms with E-state index in [4.69, 9.17) is 0 Å². The van der Waals surface area contributed by atoms with Gasteiger partial charge < -0.3 is 4.57 Å². The lowest BCUT2D eigenvalue weighted by Gasteiger charge is -2.12. The van der Waals surface area contributed by atoms with Gasteiger partial charge in [0.1, 0.15) is 22.6 Å². The first kappa shape index (κ1) is 23.4. The van der Waals surface area contributed by atoms with Crippen LogP contribution in [0.15, 0.2) is 47.5 Å². The van der Waals surface area contributed by atoms with Gasteiger partial charge in [-0.15, -0.1) is 10.2 Å². The molecule has 0 spiro atoms. The van der Waals surface area contributed by atoms with E-state index in [0.717, 1.165) is 6.07 Å². The molecule has 0 unspecified atom stereocenters. The maximum absolute atomic E-state index is 14.3. The molecule has 35 heavy (non-hydrogen) atoms. The first-order chi connectivity index (χ1) is 16.4. The summed E-state index contributed by atoms with van der Waals surface area (Å²) in [6.07, 6.45) is 2.51. The van der Waals surface area contributed by atoms with Crippen LogP contribution in [0.4, 0.5) is 13.2 Å². The maximum atomic E-state index is 14.3. The second-order valence-electron chi connectivity index (χ2n) is 8.84. The van der Waals surface area contributed by atoms with Crippen LogP contribution in [0.2, 0.25) is 0 Å². The van der Waals surface area contributed by atoms with Gasteiger partial charge in [0.05, 0.1) is 10.6 Å². The summed E-state index contributed by atoms with van der Waals surface area (Å²) >= 11 is 0. The van der Waals surface area contributed by atoms with Crippen LogP contribution in [0.3, 0.4) is 0 Å². The summed E-state index contributed by atoms with van der Waals surface area (Å²) in [7, 11) is -2.16. The van der Waals surface area contributed by atoms with E-state index in [2.05, 4.69) is 20.2 Å². The van der Waals surface area contributed by atoms with E-state index in [1.165, 1.54) is 23.8 Å². The molecule has 0 bridgehead atoms. The Bertz CT molecular complexity index is 1560. The highest BCUT2D eigenvalue weighted by molar-refractivity contribution is 7.91. The summed E-state index contributed by atoms with van der Waals surface area (Å²) in [6.45, 7) is 2.23. The molecule has 0 atom stereocenters. The molecule has 3 aromatic heterocycles. The standard InChI is InChI=1S/C24H22F3N5O2S/c1-4-35(33,34)18-11-15(14-5-7-16(8-6-14)24(27)9-10-24)13-28-20(18)22-29-17-12-19(23(2,25)26)30-31-21(17)32(22)3/h5-8,11-13H,4,9-10H2,1-3H3. The van der Waals surface area contributed by atoms with Crippen molar-refractivity contribution in [2.24, 2.45) is 7.05 Å². The Labute approximate surface area is 200 Å². The van der Waals surface area contributed by atoms with E-state index in [9.17, 15) is 21.6 Å². The van der Waals surface area contributed by atoms with Crippen molar-refractivity contribution in [3.8, 4) is 22.6 Å². The fourth-order valence-electron chi connectivity index (χ4n) is 3.94. The van der Waals surface area contributed by atoms with Gasteiger partial charge in [-0.3, -0.25) is 4.98 Å². The zero-order valence-corrected chi connectivity index (χ0v) is 20.1. The molecule has 1 aliphatic carbocycles. The number of benzene rings is 1. The van der Waals surface area contributed by atoms with Crippen molar-refractivity contribution in [3.05, 3.63) is 53.9 Å². The fraction of sp³-hybridized carbons (Fsp3) is 0.333.